The van der Waals surface area contributed by atoms with Gasteiger partial charge in [0.2, 0.25) is 0 Å². The molecule has 4 rings (SSSR count). The van der Waals surface area contributed by atoms with Gasteiger partial charge in [0.05, 0.1) is 17.9 Å². The van der Waals surface area contributed by atoms with Gasteiger partial charge in [0.1, 0.15) is 5.75 Å². The molecule has 8 heteroatoms. The molecule has 2 aromatic heterocycles. The number of methoxy groups -OCH3 is 1. The van der Waals surface area contributed by atoms with Crippen molar-refractivity contribution in [2.75, 3.05) is 32.7 Å². The number of hydrogen-bond acceptors (Lipinski definition) is 7. The van der Waals surface area contributed by atoms with Crippen LogP contribution in [0, 0.1) is 5.92 Å². The molecule has 0 unspecified atom stereocenters. The molecule has 0 spiro atoms. The lowest BCUT2D eigenvalue weighted by Crippen LogP contribution is -2.31. The Balaban J connectivity index is 1.63. The highest BCUT2D eigenvalue weighted by molar-refractivity contribution is 5.78. The van der Waals surface area contributed by atoms with Gasteiger partial charge in [-0.05, 0) is 57.0 Å². The van der Waals surface area contributed by atoms with Crippen molar-refractivity contribution in [3.63, 3.8) is 0 Å². The van der Waals surface area contributed by atoms with Crippen molar-refractivity contribution >= 4 is 5.82 Å². The van der Waals surface area contributed by atoms with Gasteiger partial charge in [-0.1, -0.05) is 12.1 Å². The van der Waals surface area contributed by atoms with Gasteiger partial charge < -0.3 is 20.5 Å². The third-order valence-corrected chi connectivity index (χ3v) is 5.71. The topological polar surface area (TPSA) is 100 Å². The molecule has 8 nitrogen and oxygen atoms in total. The van der Waals surface area contributed by atoms with Gasteiger partial charge in [-0.3, -0.25) is 4.68 Å². The number of benzene rings is 1. The molecule has 1 fully saturated rings. The molecule has 158 valence electrons. The molecule has 1 aliphatic heterocycles. The second-order valence-electron chi connectivity index (χ2n) is 7.61. The maximum atomic E-state index is 6.18. The number of ether oxygens (including phenoxy) is 2. The van der Waals surface area contributed by atoms with E-state index in [2.05, 4.69) is 33.7 Å². The summed E-state index contributed by atoms with van der Waals surface area (Å²) in [6.07, 6.45) is 6.23. The third kappa shape index (κ3) is 4.29. The first-order chi connectivity index (χ1) is 14.7. The summed E-state index contributed by atoms with van der Waals surface area (Å²) in [4.78, 5) is 0. The molecule has 3 N–H and O–H groups in total. The van der Waals surface area contributed by atoms with Crippen LogP contribution in [0.3, 0.4) is 0 Å². The molecule has 30 heavy (non-hydrogen) atoms. The van der Waals surface area contributed by atoms with E-state index < -0.39 is 0 Å². The predicted molar refractivity (Wildman–Crippen MR) is 116 cm³/mol. The summed E-state index contributed by atoms with van der Waals surface area (Å²) in [5, 5.41) is 16.5. The van der Waals surface area contributed by atoms with Gasteiger partial charge in [-0.15, -0.1) is 10.2 Å². The smallest absolute Gasteiger partial charge is 0.188 e. The molecular weight excluding hydrogens is 380 g/mol. The van der Waals surface area contributed by atoms with Crippen LogP contribution in [0.4, 0.5) is 5.82 Å². The number of nitrogens with one attached hydrogen (secondary N) is 1. The average Bonchev–Trinajstić information content (AvgIpc) is 3.28. The summed E-state index contributed by atoms with van der Waals surface area (Å²) in [5.74, 6) is 1.68. The van der Waals surface area contributed by atoms with E-state index in [9.17, 15) is 0 Å². The zero-order valence-corrected chi connectivity index (χ0v) is 17.4. The lowest BCUT2D eigenvalue weighted by atomic mass is 9.91. The van der Waals surface area contributed by atoms with E-state index in [1.165, 1.54) is 0 Å². The molecule has 0 saturated carbocycles. The van der Waals surface area contributed by atoms with Crippen LogP contribution in [0.25, 0.3) is 22.4 Å². The number of nitrogens with two attached hydrogens (primary N) is 1. The Labute approximate surface area is 176 Å². The Morgan fingerprint density at radius 1 is 1.20 bits per heavy atom. The lowest BCUT2D eigenvalue weighted by molar-refractivity contribution is 0.0515. The maximum Gasteiger partial charge on any atom is 0.188 e. The van der Waals surface area contributed by atoms with Crippen LogP contribution in [-0.2, 0) is 4.74 Å². The van der Waals surface area contributed by atoms with Crippen molar-refractivity contribution in [1.82, 2.24) is 25.3 Å². The van der Waals surface area contributed by atoms with Crippen molar-refractivity contribution < 1.29 is 9.47 Å². The van der Waals surface area contributed by atoms with Crippen molar-refractivity contribution in [1.29, 1.82) is 0 Å². The molecule has 3 heterocycles. The van der Waals surface area contributed by atoms with Crippen LogP contribution in [-0.4, -0.2) is 47.0 Å². The zero-order chi connectivity index (χ0) is 20.9. The average molecular weight is 409 g/mol. The second kappa shape index (κ2) is 9.23. The van der Waals surface area contributed by atoms with E-state index in [1.807, 2.05) is 41.2 Å². The van der Waals surface area contributed by atoms with E-state index in [0.29, 0.717) is 29.2 Å². The first-order valence-electron chi connectivity index (χ1n) is 10.3. The summed E-state index contributed by atoms with van der Waals surface area (Å²) < 4.78 is 12.7. The largest absolute Gasteiger partial charge is 0.467 e. The Morgan fingerprint density at radius 2 is 2.00 bits per heavy atom. The van der Waals surface area contributed by atoms with Crippen LogP contribution >= 0.6 is 0 Å². The Bertz CT molecular complexity index is 983. The quantitative estimate of drug-likeness (QED) is 0.579. The number of aromatic nitrogens is 4. The first-order valence-corrected chi connectivity index (χ1v) is 10.3. The standard InChI is InChI=1S/C22H28N6O2/c1-15(16-7-9-24-10-8-16)28-13-17(12-25-28)19-11-20(26-27-22(19)23)18-5-3-4-6-21(18)30-14-29-2/h3-6,11-13,15-16,24H,7-10,14H2,1-2H3,(H2,23,27)/t15-/m0/s1. The van der Waals surface area contributed by atoms with Crippen LogP contribution in [0.5, 0.6) is 5.75 Å². The number of para-hydroxylation sites is 1. The molecule has 0 bridgehead atoms. The van der Waals surface area contributed by atoms with Gasteiger partial charge in [0.15, 0.2) is 12.6 Å². The van der Waals surface area contributed by atoms with Crippen LogP contribution in [0.1, 0.15) is 25.8 Å². The van der Waals surface area contributed by atoms with E-state index in [4.69, 9.17) is 15.2 Å². The summed E-state index contributed by atoms with van der Waals surface area (Å²) in [5.41, 5.74) is 9.43. The van der Waals surface area contributed by atoms with Gasteiger partial charge in [-0.25, -0.2) is 0 Å². The monoisotopic (exact) mass is 408 g/mol. The van der Waals surface area contributed by atoms with Crippen molar-refractivity contribution in [2.24, 2.45) is 5.92 Å². The summed E-state index contributed by atoms with van der Waals surface area (Å²) in [6, 6.07) is 9.94. The Morgan fingerprint density at radius 3 is 2.80 bits per heavy atom. The summed E-state index contributed by atoms with van der Waals surface area (Å²) in [6.45, 7) is 4.53. The number of nitrogens with zero attached hydrogens (tertiary/aromatic N) is 4. The van der Waals surface area contributed by atoms with Crippen LogP contribution in [0.2, 0.25) is 0 Å². The van der Waals surface area contributed by atoms with E-state index in [1.54, 1.807) is 7.11 Å². The van der Waals surface area contributed by atoms with Gasteiger partial charge in [0, 0.05) is 30.0 Å². The van der Waals surface area contributed by atoms with Gasteiger partial charge in [0.25, 0.3) is 0 Å². The highest BCUT2D eigenvalue weighted by Gasteiger charge is 2.22. The van der Waals surface area contributed by atoms with Gasteiger partial charge >= 0.3 is 0 Å². The fraction of sp³-hybridized carbons (Fsp3) is 0.409. The minimum atomic E-state index is 0.160. The normalized spacial score (nSPS) is 15.8. The predicted octanol–water partition coefficient (Wildman–Crippen LogP) is 3.13. The fourth-order valence-corrected chi connectivity index (χ4v) is 3.93. The molecule has 0 radical (unpaired) electrons. The first kappa shape index (κ1) is 20.3. The zero-order valence-electron chi connectivity index (χ0n) is 17.4. The highest BCUT2D eigenvalue weighted by Crippen LogP contribution is 2.33. The van der Waals surface area contributed by atoms with Crippen molar-refractivity contribution in [3.8, 4) is 28.1 Å². The van der Waals surface area contributed by atoms with Crippen LogP contribution in [0.15, 0.2) is 42.7 Å². The summed E-state index contributed by atoms with van der Waals surface area (Å²) in [7, 11) is 1.59. The number of hydrogen-bond donors (Lipinski definition) is 2. The number of piperidine rings is 1. The number of rotatable bonds is 7. The maximum absolute atomic E-state index is 6.18. The fourth-order valence-electron chi connectivity index (χ4n) is 3.93. The third-order valence-electron chi connectivity index (χ3n) is 5.71. The molecule has 0 amide bonds. The molecule has 1 aliphatic rings. The molecular formula is C22H28N6O2. The minimum absolute atomic E-state index is 0.160. The van der Waals surface area contributed by atoms with E-state index in [0.717, 1.165) is 42.6 Å². The van der Waals surface area contributed by atoms with Crippen molar-refractivity contribution in [3.05, 3.63) is 42.7 Å². The highest BCUT2D eigenvalue weighted by atomic mass is 16.7. The number of anilines is 1. The Kier molecular flexibility index (Phi) is 6.25. The molecule has 3 aromatic rings. The van der Waals surface area contributed by atoms with E-state index >= 15 is 0 Å². The molecule has 1 saturated heterocycles. The van der Waals surface area contributed by atoms with Crippen LogP contribution < -0.4 is 15.8 Å². The molecule has 1 aromatic carbocycles. The minimum Gasteiger partial charge on any atom is -0.467 e. The number of nitrogen functional groups attached to an aromatic ring is 1. The summed E-state index contributed by atoms with van der Waals surface area (Å²) >= 11 is 0. The van der Waals surface area contributed by atoms with E-state index in [-0.39, 0.29) is 6.79 Å². The SMILES string of the molecule is COCOc1ccccc1-c1cc(-c2cnn([C@@H](C)C3CCNCC3)c2)c(N)nn1. The lowest BCUT2D eigenvalue weighted by Gasteiger charge is -2.28. The van der Waals surface area contributed by atoms with Gasteiger partial charge in [-0.2, -0.15) is 5.10 Å². The Hall–Kier alpha value is -2.97. The van der Waals surface area contributed by atoms with Crippen molar-refractivity contribution in [2.45, 2.75) is 25.8 Å². The molecule has 1 atom stereocenters. The second-order valence-corrected chi connectivity index (χ2v) is 7.61. The molecule has 0 aliphatic carbocycles.